The van der Waals surface area contributed by atoms with Gasteiger partial charge < -0.3 is 10.6 Å². The van der Waals surface area contributed by atoms with Crippen molar-refractivity contribution in [3.63, 3.8) is 0 Å². The Bertz CT molecular complexity index is 663. The molecule has 1 atom stereocenters. The number of anilines is 1. The Morgan fingerprint density at radius 3 is 2.74 bits per heavy atom. The molecule has 0 aromatic heterocycles. The normalized spacial score (nSPS) is 17.7. The predicted molar refractivity (Wildman–Crippen MR) is 97.5 cm³/mol. The predicted octanol–water partition coefficient (Wildman–Crippen LogP) is 4.13. The van der Waals surface area contributed by atoms with Crippen molar-refractivity contribution in [2.45, 2.75) is 23.7 Å². The maximum Gasteiger partial charge on any atom is 0.255 e. The number of benzene rings is 2. The van der Waals surface area contributed by atoms with Crippen molar-refractivity contribution < 1.29 is 4.79 Å². The van der Waals surface area contributed by atoms with Gasteiger partial charge in [0.05, 0.1) is 0 Å². The maximum atomic E-state index is 12.3. The highest BCUT2D eigenvalue weighted by atomic mass is 32.2. The second kappa shape index (κ2) is 7.66. The monoisotopic (exact) mass is 326 g/mol. The van der Waals surface area contributed by atoms with Gasteiger partial charge in [0.25, 0.3) is 5.91 Å². The fourth-order valence-electron chi connectivity index (χ4n) is 2.94. The third-order valence-corrected chi connectivity index (χ3v) is 4.99. The van der Waals surface area contributed by atoms with E-state index in [4.69, 9.17) is 0 Å². The van der Waals surface area contributed by atoms with Gasteiger partial charge in [-0.3, -0.25) is 4.79 Å². The highest BCUT2D eigenvalue weighted by Gasteiger charge is 2.15. The van der Waals surface area contributed by atoms with Crippen molar-refractivity contribution in [1.82, 2.24) is 5.32 Å². The number of amides is 1. The van der Waals surface area contributed by atoms with Crippen molar-refractivity contribution in [2.24, 2.45) is 0 Å². The lowest BCUT2D eigenvalue weighted by atomic mass is 9.91. The number of rotatable bonds is 4. The topological polar surface area (TPSA) is 41.1 Å². The van der Waals surface area contributed by atoms with E-state index < -0.39 is 0 Å². The number of hydrogen-bond acceptors (Lipinski definition) is 3. The van der Waals surface area contributed by atoms with Crippen molar-refractivity contribution in [3.8, 4) is 0 Å². The Hall–Kier alpha value is -1.78. The van der Waals surface area contributed by atoms with Crippen LogP contribution in [0.1, 0.15) is 34.7 Å². The summed E-state index contributed by atoms with van der Waals surface area (Å²) in [5.41, 5.74) is 2.88. The molecule has 1 heterocycles. The Morgan fingerprint density at radius 2 is 2.04 bits per heavy atom. The van der Waals surface area contributed by atoms with Crippen LogP contribution in [0.4, 0.5) is 5.69 Å². The van der Waals surface area contributed by atoms with Crippen LogP contribution >= 0.6 is 11.8 Å². The molecule has 1 amide bonds. The summed E-state index contributed by atoms with van der Waals surface area (Å²) in [7, 11) is 0. The molecule has 0 bridgehead atoms. The number of hydrogen-bond donors (Lipinski definition) is 2. The van der Waals surface area contributed by atoms with Gasteiger partial charge in [0.15, 0.2) is 0 Å². The molecular formula is C19H22N2OS. The molecular weight excluding hydrogens is 304 g/mol. The SMILES string of the molecule is CSc1cccc(C(=O)Nc2ccc(C3CCCNC3)cc2)c1. The van der Waals surface area contributed by atoms with Gasteiger partial charge in [-0.1, -0.05) is 18.2 Å². The molecule has 2 aromatic carbocycles. The largest absolute Gasteiger partial charge is 0.322 e. The number of nitrogens with one attached hydrogen (secondary N) is 2. The van der Waals surface area contributed by atoms with Crippen LogP contribution in [0.2, 0.25) is 0 Å². The molecule has 1 fully saturated rings. The van der Waals surface area contributed by atoms with Crippen LogP contribution in [-0.2, 0) is 0 Å². The number of carbonyl (C=O) groups is 1. The second-order valence-electron chi connectivity index (χ2n) is 5.85. The fourth-order valence-corrected chi connectivity index (χ4v) is 3.40. The molecule has 2 aromatic rings. The lowest BCUT2D eigenvalue weighted by Crippen LogP contribution is -2.28. The van der Waals surface area contributed by atoms with E-state index in [1.807, 2.05) is 42.7 Å². The highest BCUT2D eigenvalue weighted by Crippen LogP contribution is 2.24. The summed E-state index contributed by atoms with van der Waals surface area (Å²) >= 11 is 1.64. The second-order valence-corrected chi connectivity index (χ2v) is 6.73. The van der Waals surface area contributed by atoms with Crippen molar-refractivity contribution >= 4 is 23.4 Å². The molecule has 0 saturated carbocycles. The van der Waals surface area contributed by atoms with Crippen LogP contribution in [0, 0.1) is 0 Å². The number of carbonyl (C=O) groups excluding carboxylic acids is 1. The summed E-state index contributed by atoms with van der Waals surface area (Å²) < 4.78 is 0. The minimum Gasteiger partial charge on any atom is -0.322 e. The Morgan fingerprint density at radius 1 is 1.22 bits per heavy atom. The lowest BCUT2D eigenvalue weighted by Gasteiger charge is -2.23. The molecule has 1 saturated heterocycles. The first kappa shape index (κ1) is 16.1. The summed E-state index contributed by atoms with van der Waals surface area (Å²) in [4.78, 5) is 13.4. The zero-order valence-electron chi connectivity index (χ0n) is 13.3. The Kier molecular flexibility index (Phi) is 5.36. The number of piperidine rings is 1. The summed E-state index contributed by atoms with van der Waals surface area (Å²) in [6.45, 7) is 2.17. The van der Waals surface area contributed by atoms with Crippen LogP contribution < -0.4 is 10.6 Å². The Labute approximate surface area is 141 Å². The molecule has 23 heavy (non-hydrogen) atoms. The minimum atomic E-state index is -0.0621. The average molecular weight is 326 g/mol. The summed E-state index contributed by atoms with van der Waals surface area (Å²) in [6, 6.07) is 15.9. The van der Waals surface area contributed by atoms with E-state index in [-0.39, 0.29) is 5.91 Å². The lowest BCUT2D eigenvalue weighted by molar-refractivity contribution is 0.102. The molecule has 1 unspecified atom stereocenters. The summed E-state index contributed by atoms with van der Waals surface area (Å²) in [5, 5.41) is 6.42. The van der Waals surface area contributed by atoms with Gasteiger partial charge in [-0.15, -0.1) is 11.8 Å². The summed E-state index contributed by atoms with van der Waals surface area (Å²) in [5.74, 6) is 0.528. The molecule has 4 heteroatoms. The van der Waals surface area contributed by atoms with E-state index in [1.165, 1.54) is 18.4 Å². The number of thioether (sulfide) groups is 1. The van der Waals surface area contributed by atoms with E-state index >= 15 is 0 Å². The zero-order chi connectivity index (χ0) is 16.1. The van der Waals surface area contributed by atoms with E-state index in [0.29, 0.717) is 11.5 Å². The molecule has 120 valence electrons. The van der Waals surface area contributed by atoms with Gasteiger partial charge >= 0.3 is 0 Å². The quantitative estimate of drug-likeness (QED) is 0.830. The van der Waals surface area contributed by atoms with Crippen LogP contribution in [0.3, 0.4) is 0 Å². The van der Waals surface area contributed by atoms with Crippen molar-refractivity contribution in [3.05, 3.63) is 59.7 Å². The van der Waals surface area contributed by atoms with Crippen LogP contribution in [0.5, 0.6) is 0 Å². The standard InChI is InChI=1S/C19H22N2OS/c1-23-18-6-2-4-15(12-18)19(22)21-17-9-7-14(8-10-17)16-5-3-11-20-13-16/h2,4,6-10,12,16,20H,3,5,11,13H2,1H3,(H,21,22). The van der Waals surface area contributed by atoms with Crippen molar-refractivity contribution in [2.75, 3.05) is 24.7 Å². The molecule has 0 spiro atoms. The van der Waals surface area contributed by atoms with Crippen LogP contribution in [0.25, 0.3) is 0 Å². The molecule has 1 aliphatic rings. The van der Waals surface area contributed by atoms with Gasteiger partial charge in [-0.2, -0.15) is 0 Å². The van der Waals surface area contributed by atoms with E-state index in [1.54, 1.807) is 11.8 Å². The van der Waals surface area contributed by atoms with E-state index in [2.05, 4.69) is 22.8 Å². The minimum absolute atomic E-state index is 0.0621. The third kappa shape index (κ3) is 4.15. The molecule has 3 nitrogen and oxygen atoms in total. The van der Waals surface area contributed by atoms with Crippen molar-refractivity contribution in [1.29, 1.82) is 0 Å². The first-order valence-electron chi connectivity index (χ1n) is 8.02. The molecule has 3 rings (SSSR count). The smallest absolute Gasteiger partial charge is 0.255 e. The molecule has 2 N–H and O–H groups in total. The first-order valence-corrected chi connectivity index (χ1v) is 9.25. The molecule has 0 aliphatic carbocycles. The third-order valence-electron chi connectivity index (χ3n) is 4.27. The van der Waals surface area contributed by atoms with Gasteiger partial charge in [0, 0.05) is 22.7 Å². The molecule has 0 radical (unpaired) electrons. The van der Waals surface area contributed by atoms with Gasteiger partial charge in [-0.25, -0.2) is 0 Å². The van der Waals surface area contributed by atoms with Gasteiger partial charge in [0.1, 0.15) is 0 Å². The van der Waals surface area contributed by atoms with E-state index in [9.17, 15) is 4.79 Å². The van der Waals surface area contributed by atoms with Gasteiger partial charge in [0.2, 0.25) is 0 Å². The average Bonchev–Trinajstić information content (AvgIpc) is 2.63. The molecule has 1 aliphatic heterocycles. The maximum absolute atomic E-state index is 12.3. The zero-order valence-corrected chi connectivity index (χ0v) is 14.2. The van der Waals surface area contributed by atoms with Crippen LogP contribution in [0.15, 0.2) is 53.4 Å². The van der Waals surface area contributed by atoms with E-state index in [0.717, 1.165) is 23.7 Å². The first-order chi connectivity index (χ1) is 11.3. The Balaban J connectivity index is 1.66. The fraction of sp³-hybridized carbons (Fsp3) is 0.316. The highest BCUT2D eigenvalue weighted by molar-refractivity contribution is 7.98. The van der Waals surface area contributed by atoms with Gasteiger partial charge in [-0.05, 0) is 67.5 Å². The van der Waals surface area contributed by atoms with Crippen LogP contribution in [-0.4, -0.2) is 25.3 Å². The summed E-state index contributed by atoms with van der Waals surface area (Å²) in [6.07, 6.45) is 4.48.